The molecule has 0 atom stereocenters. The van der Waals surface area contributed by atoms with Gasteiger partial charge in [0.15, 0.2) is 0 Å². The van der Waals surface area contributed by atoms with Gasteiger partial charge in [-0.2, -0.15) is 0 Å². The Labute approximate surface area is 178 Å². The number of anilines is 1. The number of hydrogen-bond donors (Lipinski definition) is 2. The third kappa shape index (κ3) is 3.70. The molecule has 148 valence electrons. The summed E-state index contributed by atoms with van der Waals surface area (Å²) in [6, 6.07) is 16.2. The van der Waals surface area contributed by atoms with Gasteiger partial charge in [0.2, 0.25) is 0 Å². The van der Waals surface area contributed by atoms with Crippen LogP contribution in [-0.4, -0.2) is 5.11 Å². The molecule has 3 N–H and O–H groups in total. The minimum Gasteiger partial charge on any atom is -0.506 e. The summed E-state index contributed by atoms with van der Waals surface area (Å²) < 4.78 is 13.7. The Bertz CT molecular complexity index is 1200. The highest BCUT2D eigenvalue weighted by molar-refractivity contribution is 7.20. The molecule has 0 saturated heterocycles. The Morgan fingerprint density at radius 2 is 1.90 bits per heavy atom. The van der Waals surface area contributed by atoms with Gasteiger partial charge in [-0.1, -0.05) is 61.3 Å². The van der Waals surface area contributed by atoms with E-state index in [0.29, 0.717) is 26.0 Å². The third-order valence-corrected chi connectivity index (χ3v) is 6.42. The van der Waals surface area contributed by atoms with Gasteiger partial charge in [-0.3, -0.25) is 0 Å². The van der Waals surface area contributed by atoms with Crippen LogP contribution in [0.25, 0.3) is 32.3 Å². The van der Waals surface area contributed by atoms with E-state index in [4.69, 9.17) is 17.3 Å². The van der Waals surface area contributed by atoms with E-state index in [-0.39, 0.29) is 11.6 Å². The van der Waals surface area contributed by atoms with Gasteiger partial charge in [0, 0.05) is 16.0 Å². The van der Waals surface area contributed by atoms with Crippen molar-refractivity contribution in [2.75, 3.05) is 5.73 Å². The highest BCUT2D eigenvalue weighted by Gasteiger charge is 2.21. The lowest BCUT2D eigenvalue weighted by Crippen LogP contribution is -1.88. The Morgan fingerprint density at radius 3 is 2.66 bits per heavy atom. The summed E-state index contributed by atoms with van der Waals surface area (Å²) >= 11 is 7.96. The summed E-state index contributed by atoms with van der Waals surface area (Å²) in [5, 5.41) is 14.0. The van der Waals surface area contributed by atoms with E-state index in [1.807, 2.05) is 24.3 Å². The van der Waals surface area contributed by atoms with Crippen LogP contribution in [0.2, 0.25) is 5.02 Å². The standard InChI is InChI=1S/C24H21ClFNOS/c1-2-3-6-14-11-15-8-5-10-18(20(15)19(25)12-14)23-22(28)21(24(27)29-23)16-7-4-9-17(26)13-16/h4-5,7-13,28H,2-3,6,27H2,1H3. The van der Waals surface area contributed by atoms with E-state index in [1.165, 1.54) is 29.0 Å². The Kier molecular flexibility index (Phi) is 5.48. The molecule has 5 heteroatoms. The molecule has 0 radical (unpaired) electrons. The number of benzene rings is 3. The van der Waals surface area contributed by atoms with Gasteiger partial charge in [0.25, 0.3) is 0 Å². The number of hydrogen-bond acceptors (Lipinski definition) is 3. The predicted octanol–water partition coefficient (Wildman–Crippen LogP) is 7.66. The first-order valence-corrected chi connectivity index (χ1v) is 10.8. The monoisotopic (exact) mass is 425 g/mol. The van der Waals surface area contributed by atoms with Gasteiger partial charge in [-0.25, -0.2) is 4.39 Å². The molecule has 0 fully saturated rings. The molecule has 29 heavy (non-hydrogen) atoms. The van der Waals surface area contributed by atoms with Crippen LogP contribution in [0.1, 0.15) is 25.3 Å². The van der Waals surface area contributed by atoms with Crippen molar-refractivity contribution < 1.29 is 9.50 Å². The predicted molar refractivity (Wildman–Crippen MR) is 122 cm³/mol. The molecule has 1 heterocycles. The summed E-state index contributed by atoms with van der Waals surface area (Å²) in [5.74, 6) is -0.321. The minimum absolute atomic E-state index is 0.0525. The fourth-order valence-corrected chi connectivity index (χ4v) is 5.06. The van der Waals surface area contributed by atoms with Crippen LogP contribution in [-0.2, 0) is 6.42 Å². The number of rotatable bonds is 5. The molecule has 3 aromatic carbocycles. The number of thiophene rings is 1. The van der Waals surface area contributed by atoms with Crippen molar-refractivity contribution in [2.45, 2.75) is 26.2 Å². The van der Waals surface area contributed by atoms with Crippen LogP contribution in [0.3, 0.4) is 0 Å². The van der Waals surface area contributed by atoms with Crippen LogP contribution in [0.4, 0.5) is 9.39 Å². The molecule has 0 saturated carbocycles. The maximum Gasteiger partial charge on any atom is 0.144 e. The summed E-state index contributed by atoms with van der Waals surface area (Å²) in [7, 11) is 0. The topological polar surface area (TPSA) is 46.2 Å². The fourth-order valence-electron chi connectivity index (χ4n) is 3.69. The molecule has 0 amide bonds. The summed E-state index contributed by atoms with van der Waals surface area (Å²) in [5.41, 5.74) is 9.26. The van der Waals surface area contributed by atoms with Crippen LogP contribution in [0.15, 0.2) is 54.6 Å². The second-order valence-electron chi connectivity index (χ2n) is 7.11. The van der Waals surface area contributed by atoms with E-state index in [0.717, 1.165) is 35.6 Å². The largest absolute Gasteiger partial charge is 0.506 e. The normalized spacial score (nSPS) is 11.3. The van der Waals surface area contributed by atoms with E-state index >= 15 is 0 Å². The van der Waals surface area contributed by atoms with Crippen molar-refractivity contribution in [3.63, 3.8) is 0 Å². The fraction of sp³-hybridized carbons (Fsp3) is 0.167. The molecule has 2 nitrogen and oxygen atoms in total. The highest BCUT2D eigenvalue weighted by Crippen LogP contribution is 2.51. The Hall–Kier alpha value is -2.56. The lowest BCUT2D eigenvalue weighted by molar-refractivity contribution is 0.481. The van der Waals surface area contributed by atoms with Crippen LogP contribution < -0.4 is 5.73 Å². The van der Waals surface area contributed by atoms with Gasteiger partial charge < -0.3 is 10.8 Å². The first-order chi connectivity index (χ1) is 14.0. The van der Waals surface area contributed by atoms with Gasteiger partial charge in [-0.15, -0.1) is 11.3 Å². The molecule has 0 aliphatic rings. The Morgan fingerprint density at radius 1 is 1.10 bits per heavy atom. The molecule has 4 aromatic rings. The Balaban J connectivity index is 1.89. The van der Waals surface area contributed by atoms with E-state index < -0.39 is 0 Å². The maximum atomic E-state index is 13.7. The number of aromatic hydroxyl groups is 1. The van der Waals surface area contributed by atoms with Crippen LogP contribution >= 0.6 is 22.9 Å². The number of nitrogen functional groups attached to an aromatic ring is 1. The summed E-state index contributed by atoms with van der Waals surface area (Å²) in [4.78, 5) is 0.635. The number of nitrogens with two attached hydrogens (primary N) is 1. The molecule has 0 aliphatic carbocycles. The molecule has 0 spiro atoms. The number of aryl methyl sites for hydroxylation is 1. The van der Waals surface area contributed by atoms with Crippen LogP contribution in [0, 0.1) is 5.82 Å². The molecule has 0 aliphatic heterocycles. The quantitative estimate of drug-likeness (QED) is 0.344. The number of halogens is 2. The number of fused-ring (bicyclic) bond motifs is 1. The van der Waals surface area contributed by atoms with Crippen molar-refractivity contribution >= 4 is 38.7 Å². The molecular formula is C24H21ClFNOS. The second kappa shape index (κ2) is 8.05. The first kappa shape index (κ1) is 19.7. The van der Waals surface area contributed by atoms with Gasteiger partial charge in [-0.05, 0) is 47.6 Å². The van der Waals surface area contributed by atoms with Crippen molar-refractivity contribution in [1.82, 2.24) is 0 Å². The average molecular weight is 426 g/mol. The van der Waals surface area contributed by atoms with Crippen molar-refractivity contribution in [2.24, 2.45) is 0 Å². The average Bonchev–Trinajstić information content (AvgIpc) is 2.99. The minimum atomic E-state index is -0.373. The molecule has 0 unspecified atom stereocenters. The SMILES string of the molecule is CCCCc1cc(Cl)c2c(-c3sc(N)c(-c4cccc(F)c4)c3O)cccc2c1. The zero-order valence-corrected chi connectivity index (χ0v) is 17.6. The van der Waals surface area contributed by atoms with E-state index in [1.54, 1.807) is 12.1 Å². The first-order valence-electron chi connectivity index (χ1n) is 9.58. The smallest absolute Gasteiger partial charge is 0.144 e. The molecule has 1 aromatic heterocycles. The van der Waals surface area contributed by atoms with E-state index in [2.05, 4.69) is 13.0 Å². The van der Waals surface area contributed by atoms with Crippen molar-refractivity contribution in [3.8, 4) is 27.3 Å². The van der Waals surface area contributed by atoms with E-state index in [9.17, 15) is 9.50 Å². The summed E-state index contributed by atoms with van der Waals surface area (Å²) in [6.45, 7) is 2.17. The van der Waals surface area contributed by atoms with Crippen molar-refractivity contribution in [3.05, 3.63) is 71.0 Å². The lowest BCUT2D eigenvalue weighted by atomic mass is 9.97. The third-order valence-electron chi connectivity index (χ3n) is 5.08. The zero-order chi connectivity index (χ0) is 20.5. The highest BCUT2D eigenvalue weighted by atomic mass is 35.5. The van der Waals surface area contributed by atoms with Gasteiger partial charge >= 0.3 is 0 Å². The van der Waals surface area contributed by atoms with Gasteiger partial charge in [0.05, 0.1) is 15.4 Å². The summed E-state index contributed by atoms with van der Waals surface area (Å²) in [6.07, 6.45) is 3.22. The molecular weight excluding hydrogens is 405 g/mol. The molecule has 0 bridgehead atoms. The maximum absolute atomic E-state index is 13.7. The second-order valence-corrected chi connectivity index (χ2v) is 8.57. The van der Waals surface area contributed by atoms with Gasteiger partial charge in [0.1, 0.15) is 11.6 Å². The number of unbranched alkanes of at least 4 members (excludes halogenated alkanes) is 1. The van der Waals surface area contributed by atoms with Crippen LogP contribution in [0.5, 0.6) is 5.75 Å². The van der Waals surface area contributed by atoms with Crippen molar-refractivity contribution in [1.29, 1.82) is 0 Å². The zero-order valence-electron chi connectivity index (χ0n) is 16.0. The molecule has 4 rings (SSSR count). The lowest BCUT2D eigenvalue weighted by Gasteiger charge is -2.10.